The third kappa shape index (κ3) is 2.17. The van der Waals surface area contributed by atoms with Gasteiger partial charge < -0.3 is 0 Å². The van der Waals surface area contributed by atoms with Crippen LogP contribution in [0.3, 0.4) is 0 Å². The first-order valence-corrected chi connectivity index (χ1v) is 6.05. The lowest BCUT2D eigenvalue weighted by Crippen LogP contribution is -1.99. The number of aromatic nitrogens is 2. The smallest absolute Gasteiger partial charge is 0.258 e. The molecule has 0 unspecified atom stereocenters. The second-order valence-corrected chi connectivity index (χ2v) is 4.75. The zero-order chi connectivity index (χ0) is 12.6. The van der Waals surface area contributed by atoms with E-state index in [9.17, 15) is 10.1 Å². The van der Waals surface area contributed by atoms with E-state index in [1.807, 2.05) is 13.8 Å². The number of non-ortho nitro benzene ring substituents is 1. The van der Waals surface area contributed by atoms with E-state index in [-0.39, 0.29) is 5.69 Å². The zero-order valence-corrected chi connectivity index (χ0v) is 11.5. The van der Waals surface area contributed by atoms with Crippen LogP contribution in [0, 0.1) is 27.5 Å². The molecule has 1 aromatic carbocycles. The Morgan fingerprint density at radius 1 is 1.29 bits per heavy atom. The minimum absolute atomic E-state index is 0.0879. The molecule has 2 aromatic rings. The maximum Gasteiger partial charge on any atom is 0.269 e. The first-order chi connectivity index (χ1) is 8.00. The Bertz CT molecular complexity index is 575. The number of aryl methyl sites for hydroxylation is 1. The van der Waals surface area contributed by atoms with Crippen molar-refractivity contribution in [2.45, 2.75) is 13.8 Å². The predicted molar refractivity (Wildman–Crippen MR) is 72.4 cm³/mol. The Balaban J connectivity index is 2.47. The maximum absolute atomic E-state index is 10.6. The maximum atomic E-state index is 10.6. The third-order valence-corrected chi connectivity index (χ3v) is 4.07. The van der Waals surface area contributed by atoms with Crippen molar-refractivity contribution in [3.8, 4) is 5.69 Å². The lowest BCUT2D eigenvalue weighted by Gasteiger charge is -2.03. The highest BCUT2D eigenvalue weighted by atomic mass is 127. The van der Waals surface area contributed by atoms with E-state index in [0.717, 1.165) is 20.6 Å². The summed E-state index contributed by atoms with van der Waals surface area (Å²) in [5.41, 5.74) is 2.92. The molecule has 2 rings (SSSR count). The van der Waals surface area contributed by atoms with Gasteiger partial charge in [0.25, 0.3) is 5.69 Å². The molecule has 0 saturated heterocycles. The van der Waals surface area contributed by atoms with Crippen LogP contribution in [-0.4, -0.2) is 14.7 Å². The van der Waals surface area contributed by atoms with Crippen molar-refractivity contribution < 1.29 is 4.92 Å². The summed E-state index contributed by atoms with van der Waals surface area (Å²) in [6, 6.07) is 6.37. The van der Waals surface area contributed by atoms with E-state index in [1.54, 1.807) is 16.8 Å². The van der Waals surface area contributed by atoms with Crippen molar-refractivity contribution in [3.63, 3.8) is 0 Å². The summed E-state index contributed by atoms with van der Waals surface area (Å²) < 4.78 is 2.90. The number of rotatable bonds is 2. The largest absolute Gasteiger partial charge is 0.269 e. The molecule has 0 aliphatic carbocycles. The average Bonchev–Trinajstić information content (AvgIpc) is 2.57. The number of hydrogen-bond donors (Lipinski definition) is 0. The van der Waals surface area contributed by atoms with Crippen LogP contribution in [0.25, 0.3) is 5.69 Å². The van der Waals surface area contributed by atoms with Crippen molar-refractivity contribution in [3.05, 3.63) is 49.3 Å². The predicted octanol–water partition coefficient (Wildman–Crippen LogP) is 3.00. The van der Waals surface area contributed by atoms with Gasteiger partial charge in [0.05, 0.1) is 25.6 Å². The molecule has 0 atom stereocenters. The minimum atomic E-state index is -0.408. The highest BCUT2D eigenvalue weighted by Gasteiger charge is 2.11. The Hall–Kier alpha value is -1.44. The van der Waals surface area contributed by atoms with Gasteiger partial charge in [-0.1, -0.05) is 0 Å². The summed E-state index contributed by atoms with van der Waals surface area (Å²) in [5, 5.41) is 14.9. The lowest BCUT2D eigenvalue weighted by molar-refractivity contribution is -0.384. The first-order valence-electron chi connectivity index (χ1n) is 4.97. The third-order valence-electron chi connectivity index (χ3n) is 2.51. The fourth-order valence-electron chi connectivity index (χ4n) is 1.59. The van der Waals surface area contributed by atoms with Crippen LogP contribution in [0.15, 0.2) is 24.3 Å². The molecule has 0 aliphatic heterocycles. The van der Waals surface area contributed by atoms with Gasteiger partial charge in [-0.2, -0.15) is 5.10 Å². The van der Waals surface area contributed by atoms with Crippen molar-refractivity contribution in [1.82, 2.24) is 9.78 Å². The molecule has 0 spiro atoms. The molecule has 88 valence electrons. The summed E-state index contributed by atoms with van der Waals surface area (Å²) in [7, 11) is 0. The highest BCUT2D eigenvalue weighted by Crippen LogP contribution is 2.21. The van der Waals surface area contributed by atoms with E-state index in [0.29, 0.717) is 0 Å². The fourth-order valence-corrected chi connectivity index (χ4v) is 1.93. The molecule has 0 bridgehead atoms. The summed E-state index contributed by atoms with van der Waals surface area (Å²) in [5.74, 6) is 0. The van der Waals surface area contributed by atoms with E-state index >= 15 is 0 Å². The second-order valence-electron chi connectivity index (χ2n) is 3.67. The average molecular weight is 343 g/mol. The highest BCUT2D eigenvalue weighted by molar-refractivity contribution is 14.1. The second kappa shape index (κ2) is 4.44. The van der Waals surface area contributed by atoms with Crippen LogP contribution in [0.1, 0.15) is 11.4 Å². The minimum Gasteiger partial charge on any atom is -0.258 e. The van der Waals surface area contributed by atoms with Crippen LogP contribution in [0.4, 0.5) is 5.69 Å². The molecule has 0 fully saturated rings. The number of halogens is 1. The van der Waals surface area contributed by atoms with Crippen molar-refractivity contribution >= 4 is 28.3 Å². The molecule has 0 radical (unpaired) electrons. The number of nitro groups is 1. The molecule has 0 amide bonds. The van der Waals surface area contributed by atoms with Gasteiger partial charge in [-0.05, 0) is 48.6 Å². The summed E-state index contributed by atoms with van der Waals surface area (Å²) in [4.78, 5) is 10.1. The van der Waals surface area contributed by atoms with Crippen LogP contribution in [-0.2, 0) is 0 Å². The molecular formula is C11H10IN3O2. The molecule has 1 aromatic heterocycles. The number of nitro benzene ring substituents is 1. The number of benzene rings is 1. The molecule has 17 heavy (non-hydrogen) atoms. The van der Waals surface area contributed by atoms with Gasteiger partial charge in [0.15, 0.2) is 0 Å². The summed E-state index contributed by atoms with van der Waals surface area (Å²) in [6.45, 7) is 3.92. The fraction of sp³-hybridized carbons (Fsp3) is 0.182. The number of nitrogens with zero attached hydrogens (tertiary/aromatic N) is 3. The molecule has 6 heteroatoms. The SMILES string of the molecule is Cc1nn(-c2ccc([N+](=O)[O-])cc2)c(C)c1I. The van der Waals surface area contributed by atoms with Crippen LogP contribution < -0.4 is 0 Å². The Morgan fingerprint density at radius 3 is 2.29 bits per heavy atom. The van der Waals surface area contributed by atoms with Gasteiger partial charge in [0.1, 0.15) is 0 Å². The summed E-state index contributed by atoms with van der Waals surface area (Å²) in [6.07, 6.45) is 0. The topological polar surface area (TPSA) is 61.0 Å². The Kier molecular flexibility index (Phi) is 3.14. The Morgan fingerprint density at radius 2 is 1.88 bits per heavy atom. The standard InChI is InChI=1S/C11H10IN3O2/c1-7-11(12)8(2)14(13-7)9-3-5-10(6-4-9)15(16)17/h3-6H,1-2H3. The van der Waals surface area contributed by atoms with E-state index in [4.69, 9.17) is 0 Å². The summed E-state index contributed by atoms with van der Waals surface area (Å²) >= 11 is 2.24. The van der Waals surface area contributed by atoms with Crippen molar-refractivity contribution in [2.75, 3.05) is 0 Å². The normalized spacial score (nSPS) is 10.5. The van der Waals surface area contributed by atoms with E-state index < -0.39 is 4.92 Å². The van der Waals surface area contributed by atoms with Crippen LogP contribution in [0.2, 0.25) is 0 Å². The molecule has 0 saturated carbocycles. The van der Waals surface area contributed by atoms with Gasteiger partial charge in [-0.3, -0.25) is 10.1 Å². The van der Waals surface area contributed by atoms with E-state index in [2.05, 4.69) is 27.7 Å². The number of hydrogen-bond acceptors (Lipinski definition) is 3. The van der Waals surface area contributed by atoms with Gasteiger partial charge in [-0.25, -0.2) is 4.68 Å². The van der Waals surface area contributed by atoms with Gasteiger partial charge in [0, 0.05) is 12.1 Å². The zero-order valence-electron chi connectivity index (χ0n) is 9.35. The Labute approximate surface area is 112 Å². The van der Waals surface area contributed by atoms with Crippen LogP contribution >= 0.6 is 22.6 Å². The quantitative estimate of drug-likeness (QED) is 0.478. The van der Waals surface area contributed by atoms with Gasteiger partial charge in [0.2, 0.25) is 0 Å². The van der Waals surface area contributed by atoms with Crippen molar-refractivity contribution in [2.24, 2.45) is 0 Å². The lowest BCUT2D eigenvalue weighted by atomic mass is 10.3. The van der Waals surface area contributed by atoms with Gasteiger partial charge >= 0.3 is 0 Å². The van der Waals surface area contributed by atoms with E-state index in [1.165, 1.54) is 12.1 Å². The molecule has 5 nitrogen and oxygen atoms in total. The van der Waals surface area contributed by atoms with Gasteiger partial charge in [-0.15, -0.1) is 0 Å². The molecule has 0 aliphatic rings. The molecule has 0 N–H and O–H groups in total. The molecular weight excluding hydrogens is 333 g/mol. The monoisotopic (exact) mass is 343 g/mol. The molecule has 1 heterocycles. The van der Waals surface area contributed by atoms with Crippen molar-refractivity contribution in [1.29, 1.82) is 0 Å². The first kappa shape index (κ1) is 12.0. The van der Waals surface area contributed by atoms with Crippen LogP contribution in [0.5, 0.6) is 0 Å².